The SMILES string of the molecule is Cc1c(O)ccc2c1OC1CC2n2cc[n+](C)c2N1.[Cl-]. The lowest BCUT2D eigenvalue weighted by molar-refractivity contribution is -0.657. The summed E-state index contributed by atoms with van der Waals surface area (Å²) in [6.45, 7) is 1.89. The van der Waals surface area contributed by atoms with Gasteiger partial charge in [0.1, 0.15) is 17.5 Å². The molecule has 2 atom stereocenters. The third-order valence-corrected chi connectivity index (χ3v) is 4.12. The number of aromatic hydroxyl groups is 1. The van der Waals surface area contributed by atoms with Crippen LogP contribution in [-0.2, 0) is 7.05 Å². The van der Waals surface area contributed by atoms with Gasteiger partial charge in [0, 0.05) is 11.1 Å². The molecule has 6 heteroatoms. The second kappa shape index (κ2) is 4.31. The van der Waals surface area contributed by atoms with Crippen LogP contribution in [0.15, 0.2) is 24.5 Å². The third-order valence-electron chi connectivity index (χ3n) is 4.12. The number of hydrogen-bond donors (Lipinski definition) is 2. The van der Waals surface area contributed by atoms with Crippen LogP contribution >= 0.6 is 0 Å². The second-order valence-corrected chi connectivity index (χ2v) is 5.27. The van der Waals surface area contributed by atoms with Crippen LogP contribution < -0.4 is 27.0 Å². The van der Waals surface area contributed by atoms with E-state index in [-0.39, 0.29) is 30.4 Å². The second-order valence-electron chi connectivity index (χ2n) is 5.27. The number of benzene rings is 1. The van der Waals surface area contributed by atoms with Gasteiger partial charge in [-0.15, -0.1) is 0 Å². The molecule has 1 aromatic heterocycles. The molecule has 2 bridgehead atoms. The molecule has 0 radical (unpaired) electrons. The van der Waals surface area contributed by atoms with Crippen LogP contribution in [0.3, 0.4) is 0 Å². The van der Waals surface area contributed by atoms with Crippen LogP contribution in [0, 0.1) is 6.92 Å². The molecule has 2 aliphatic rings. The molecule has 106 valence electrons. The van der Waals surface area contributed by atoms with Gasteiger partial charge in [-0.2, -0.15) is 0 Å². The van der Waals surface area contributed by atoms with Crippen LogP contribution in [0.25, 0.3) is 0 Å². The number of aromatic nitrogens is 2. The van der Waals surface area contributed by atoms with E-state index in [9.17, 15) is 5.11 Å². The van der Waals surface area contributed by atoms with Gasteiger partial charge >= 0.3 is 5.95 Å². The Balaban J connectivity index is 0.00000121. The zero-order chi connectivity index (χ0) is 13.1. The largest absolute Gasteiger partial charge is 1.00 e. The van der Waals surface area contributed by atoms with E-state index in [1.165, 1.54) is 0 Å². The zero-order valence-electron chi connectivity index (χ0n) is 11.3. The summed E-state index contributed by atoms with van der Waals surface area (Å²) < 4.78 is 10.3. The van der Waals surface area contributed by atoms with E-state index in [0.717, 1.165) is 29.2 Å². The van der Waals surface area contributed by atoms with Crippen molar-refractivity contribution in [1.29, 1.82) is 0 Å². The topological polar surface area (TPSA) is 50.3 Å². The molecule has 0 aliphatic carbocycles. The van der Waals surface area contributed by atoms with E-state index >= 15 is 0 Å². The summed E-state index contributed by atoms with van der Waals surface area (Å²) in [5.74, 6) is 2.16. The average Bonchev–Trinajstić information content (AvgIpc) is 2.77. The number of phenols is 1. The molecule has 0 saturated heterocycles. The first kappa shape index (κ1) is 13.1. The van der Waals surface area contributed by atoms with Crippen LogP contribution in [-0.4, -0.2) is 15.9 Å². The van der Waals surface area contributed by atoms with Crippen molar-refractivity contribution in [1.82, 2.24) is 4.57 Å². The number of rotatable bonds is 0. The first-order valence-electron chi connectivity index (χ1n) is 6.47. The summed E-state index contributed by atoms with van der Waals surface area (Å²) in [7, 11) is 2.02. The zero-order valence-corrected chi connectivity index (χ0v) is 12.1. The van der Waals surface area contributed by atoms with Gasteiger partial charge in [0.2, 0.25) is 6.23 Å². The Morgan fingerprint density at radius 1 is 1.45 bits per heavy atom. The van der Waals surface area contributed by atoms with E-state index in [0.29, 0.717) is 0 Å². The fourth-order valence-electron chi connectivity index (χ4n) is 3.06. The Hall–Kier alpha value is -1.88. The third kappa shape index (κ3) is 1.59. The van der Waals surface area contributed by atoms with E-state index in [1.54, 1.807) is 6.07 Å². The molecule has 4 rings (SSSR count). The Morgan fingerprint density at radius 3 is 3.05 bits per heavy atom. The lowest BCUT2D eigenvalue weighted by Gasteiger charge is -2.35. The minimum atomic E-state index is -0.0356. The fraction of sp³-hybridized carbons (Fsp3) is 0.357. The number of fused-ring (bicyclic) bond motifs is 6. The summed E-state index contributed by atoms with van der Waals surface area (Å²) in [4.78, 5) is 0. The van der Waals surface area contributed by atoms with Gasteiger partial charge in [0.15, 0.2) is 0 Å². The molecule has 5 nitrogen and oxygen atoms in total. The number of aryl methyl sites for hydroxylation is 1. The van der Waals surface area contributed by atoms with Gasteiger partial charge in [-0.25, -0.2) is 14.5 Å². The summed E-state index contributed by atoms with van der Waals surface area (Å²) in [5.41, 5.74) is 1.96. The highest BCUT2D eigenvalue weighted by Crippen LogP contribution is 2.44. The number of phenolic OH excluding ortho intramolecular Hbond substituents is 1. The van der Waals surface area contributed by atoms with Crippen molar-refractivity contribution in [3.63, 3.8) is 0 Å². The predicted molar refractivity (Wildman–Crippen MR) is 69.2 cm³/mol. The predicted octanol–water partition coefficient (Wildman–Crippen LogP) is -1.55. The molecule has 2 aromatic rings. The van der Waals surface area contributed by atoms with E-state index in [4.69, 9.17) is 4.74 Å². The summed E-state index contributed by atoms with van der Waals surface area (Å²) in [6.07, 6.45) is 4.99. The first-order chi connectivity index (χ1) is 9.15. The first-order valence-corrected chi connectivity index (χ1v) is 6.47. The fourth-order valence-corrected chi connectivity index (χ4v) is 3.06. The number of halogens is 1. The van der Waals surface area contributed by atoms with Crippen LogP contribution in [0.1, 0.15) is 23.6 Å². The van der Waals surface area contributed by atoms with E-state index in [1.807, 2.05) is 26.2 Å². The highest BCUT2D eigenvalue weighted by molar-refractivity contribution is 5.53. The molecule has 0 spiro atoms. The number of hydrogen-bond acceptors (Lipinski definition) is 3. The van der Waals surface area contributed by atoms with Crippen molar-refractivity contribution >= 4 is 5.95 Å². The summed E-state index contributed by atoms with van der Waals surface area (Å²) >= 11 is 0. The van der Waals surface area contributed by atoms with Gasteiger partial charge in [0.05, 0.1) is 25.9 Å². The highest BCUT2D eigenvalue weighted by Gasteiger charge is 2.41. The summed E-state index contributed by atoms with van der Waals surface area (Å²) in [5, 5.41) is 13.2. The Bertz CT molecular complexity index is 683. The van der Waals surface area contributed by atoms with E-state index in [2.05, 4.69) is 20.6 Å². The molecule has 0 saturated carbocycles. The lowest BCUT2D eigenvalue weighted by Crippen LogP contribution is -3.00. The van der Waals surface area contributed by atoms with Crippen molar-refractivity contribution in [3.8, 4) is 11.5 Å². The Morgan fingerprint density at radius 2 is 2.25 bits per heavy atom. The number of nitrogens with zero attached hydrogens (tertiary/aromatic N) is 2. The molecule has 3 heterocycles. The van der Waals surface area contributed by atoms with Crippen molar-refractivity contribution in [2.24, 2.45) is 7.05 Å². The minimum Gasteiger partial charge on any atom is -1.00 e. The van der Waals surface area contributed by atoms with Crippen molar-refractivity contribution in [2.45, 2.75) is 25.6 Å². The van der Waals surface area contributed by atoms with E-state index < -0.39 is 0 Å². The van der Waals surface area contributed by atoms with Crippen LogP contribution in [0.2, 0.25) is 0 Å². The van der Waals surface area contributed by atoms with Crippen molar-refractivity contribution < 1.29 is 26.8 Å². The smallest absolute Gasteiger partial charge is 0.360 e. The molecule has 0 amide bonds. The van der Waals surface area contributed by atoms with Crippen molar-refractivity contribution in [2.75, 3.05) is 5.32 Å². The molecule has 20 heavy (non-hydrogen) atoms. The van der Waals surface area contributed by atoms with Crippen LogP contribution in [0.4, 0.5) is 5.95 Å². The number of nitrogens with one attached hydrogen (secondary N) is 1. The number of anilines is 1. The average molecular weight is 294 g/mol. The Kier molecular flexibility index (Phi) is 2.83. The number of ether oxygens (including phenoxy) is 1. The van der Waals surface area contributed by atoms with Gasteiger partial charge in [-0.1, -0.05) is 0 Å². The molecule has 2 aliphatic heterocycles. The maximum absolute atomic E-state index is 9.83. The van der Waals surface area contributed by atoms with Gasteiger partial charge in [0.25, 0.3) is 0 Å². The minimum absolute atomic E-state index is 0. The van der Waals surface area contributed by atoms with Gasteiger partial charge in [-0.3, -0.25) is 0 Å². The molecule has 2 N–H and O–H groups in total. The molecule has 1 aromatic carbocycles. The van der Waals surface area contributed by atoms with Gasteiger partial charge < -0.3 is 22.3 Å². The molecule has 2 unspecified atom stereocenters. The molecular weight excluding hydrogens is 278 g/mol. The normalized spacial score (nSPS) is 21.9. The monoisotopic (exact) mass is 293 g/mol. The Labute approximate surface area is 123 Å². The summed E-state index contributed by atoms with van der Waals surface area (Å²) in [6, 6.07) is 3.99. The molecule has 0 fully saturated rings. The highest BCUT2D eigenvalue weighted by atomic mass is 35.5. The number of imidazole rings is 1. The quantitative estimate of drug-likeness (QED) is 0.579. The van der Waals surface area contributed by atoms with Crippen LogP contribution in [0.5, 0.6) is 11.5 Å². The van der Waals surface area contributed by atoms with Gasteiger partial charge in [-0.05, 0) is 19.1 Å². The van der Waals surface area contributed by atoms with Crippen molar-refractivity contribution in [3.05, 3.63) is 35.7 Å². The maximum Gasteiger partial charge on any atom is 0.360 e. The lowest BCUT2D eigenvalue weighted by atomic mass is 9.95. The maximum atomic E-state index is 9.83. The molecular formula is C14H16ClN3O2. The standard InChI is InChI=1S/C14H15N3O2.ClH/c1-8-11(18)4-3-9-10-7-12(19-13(8)9)15-14-16(2)5-6-17(10)14;/h3-6,10,12,18H,7H2,1-2H3;1H.